The molecule has 0 atom stereocenters. The Bertz CT molecular complexity index is 205. The van der Waals surface area contributed by atoms with Crippen molar-refractivity contribution in [1.82, 2.24) is 5.32 Å². The molecule has 0 unspecified atom stereocenters. The molecule has 0 saturated heterocycles. The summed E-state index contributed by atoms with van der Waals surface area (Å²) in [5.41, 5.74) is 0. The van der Waals surface area contributed by atoms with Crippen molar-refractivity contribution in [3.63, 3.8) is 0 Å². The lowest BCUT2D eigenvalue weighted by molar-refractivity contribution is 0.735. The molecule has 1 heterocycles. The van der Waals surface area contributed by atoms with Crippen LogP contribution in [0.4, 0.5) is 0 Å². The highest BCUT2D eigenvalue weighted by molar-refractivity contribution is 7.11. The molecule has 1 aromatic rings. The maximum absolute atomic E-state index is 3.31. The van der Waals surface area contributed by atoms with Crippen molar-refractivity contribution >= 4 is 11.3 Å². The van der Waals surface area contributed by atoms with Crippen LogP contribution in [0.5, 0.6) is 0 Å². The highest BCUT2D eigenvalue weighted by Crippen LogP contribution is 2.16. The fourth-order valence-corrected chi connectivity index (χ4v) is 1.88. The standard InChI is InChI=1S/C9H15NS/c1-3-8-5-6-9(11-8)7-10-4-2/h5-6,10H,3-4,7H2,1-2H3. The molecule has 0 bridgehead atoms. The number of hydrogen-bond acceptors (Lipinski definition) is 2. The van der Waals surface area contributed by atoms with Gasteiger partial charge in [-0.25, -0.2) is 0 Å². The lowest BCUT2D eigenvalue weighted by Crippen LogP contribution is -2.10. The Morgan fingerprint density at radius 2 is 2.00 bits per heavy atom. The van der Waals surface area contributed by atoms with Crippen LogP contribution in [-0.4, -0.2) is 6.54 Å². The Labute approximate surface area is 72.4 Å². The Hall–Kier alpha value is -0.340. The fourth-order valence-electron chi connectivity index (χ4n) is 0.956. The van der Waals surface area contributed by atoms with Gasteiger partial charge in [-0.15, -0.1) is 11.3 Å². The average molecular weight is 169 g/mol. The van der Waals surface area contributed by atoms with Crippen molar-refractivity contribution < 1.29 is 0 Å². The molecule has 2 heteroatoms. The topological polar surface area (TPSA) is 12.0 Å². The Kier molecular flexibility index (Phi) is 3.60. The molecule has 62 valence electrons. The molecule has 0 amide bonds. The van der Waals surface area contributed by atoms with Crippen LogP contribution in [0.1, 0.15) is 23.6 Å². The Morgan fingerprint density at radius 3 is 2.55 bits per heavy atom. The summed E-state index contributed by atoms with van der Waals surface area (Å²) < 4.78 is 0. The summed E-state index contributed by atoms with van der Waals surface area (Å²) in [6.07, 6.45) is 1.16. The molecule has 0 fully saturated rings. The summed E-state index contributed by atoms with van der Waals surface area (Å²) in [6, 6.07) is 4.43. The van der Waals surface area contributed by atoms with Crippen LogP contribution in [0, 0.1) is 0 Å². The maximum Gasteiger partial charge on any atom is 0.0299 e. The second kappa shape index (κ2) is 4.52. The van der Waals surface area contributed by atoms with Gasteiger partial charge in [0.15, 0.2) is 0 Å². The van der Waals surface area contributed by atoms with E-state index in [-0.39, 0.29) is 0 Å². The van der Waals surface area contributed by atoms with Gasteiger partial charge in [0, 0.05) is 16.3 Å². The minimum absolute atomic E-state index is 1.03. The molecule has 0 aromatic carbocycles. The summed E-state index contributed by atoms with van der Waals surface area (Å²) in [4.78, 5) is 2.93. The van der Waals surface area contributed by atoms with Gasteiger partial charge in [0.05, 0.1) is 0 Å². The number of thiophene rings is 1. The molecule has 0 aliphatic rings. The van der Waals surface area contributed by atoms with Crippen LogP contribution in [0.3, 0.4) is 0 Å². The normalized spacial score (nSPS) is 10.4. The first kappa shape index (κ1) is 8.75. The predicted octanol–water partition coefficient (Wildman–Crippen LogP) is 2.42. The van der Waals surface area contributed by atoms with E-state index in [9.17, 15) is 0 Å². The predicted molar refractivity (Wildman–Crippen MR) is 51.1 cm³/mol. The molecule has 1 aromatic heterocycles. The number of nitrogens with one attached hydrogen (secondary N) is 1. The van der Waals surface area contributed by atoms with Crippen molar-refractivity contribution in [2.75, 3.05) is 6.54 Å². The van der Waals surface area contributed by atoms with E-state index in [1.807, 2.05) is 11.3 Å². The lowest BCUT2D eigenvalue weighted by atomic mass is 10.3. The first-order chi connectivity index (χ1) is 5.36. The molecule has 1 rings (SSSR count). The zero-order valence-corrected chi connectivity index (χ0v) is 8.00. The molecule has 1 nitrogen and oxygen atoms in total. The van der Waals surface area contributed by atoms with Crippen molar-refractivity contribution in [3.8, 4) is 0 Å². The molecular formula is C9H15NS. The third-order valence-corrected chi connectivity index (χ3v) is 2.84. The minimum atomic E-state index is 1.03. The van der Waals surface area contributed by atoms with Crippen molar-refractivity contribution in [2.45, 2.75) is 26.8 Å². The first-order valence-electron chi connectivity index (χ1n) is 4.15. The van der Waals surface area contributed by atoms with E-state index in [1.54, 1.807) is 0 Å². The summed E-state index contributed by atoms with van der Waals surface area (Å²) in [6.45, 7) is 6.41. The van der Waals surface area contributed by atoms with Gasteiger partial charge in [0.25, 0.3) is 0 Å². The van der Waals surface area contributed by atoms with Gasteiger partial charge in [-0.05, 0) is 25.1 Å². The summed E-state index contributed by atoms with van der Waals surface area (Å²) >= 11 is 1.91. The van der Waals surface area contributed by atoms with Crippen LogP contribution < -0.4 is 5.32 Å². The van der Waals surface area contributed by atoms with Crippen LogP contribution in [0.15, 0.2) is 12.1 Å². The largest absolute Gasteiger partial charge is 0.312 e. The fraction of sp³-hybridized carbons (Fsp3) is 0.556. The smallest absolute Gasteiger partial charge is 0.0299 e. The number of hydrogen-bond donors (Lipinski definition) is 1. The SMILES string of the molecule is CCNCc1ccc(CC)s1. The quantitative estimate of drug-likeness (QED) is 0.730. The number of rotatable bonds is 4. The highest BCUT2D eigenvalue weighted by Gasteiger charge is 1.95. The van der Waals surface area contributed by atoms with E-state index in [0.29, 0.717) is 0 Å². The van der Waals surface area contributed by atoms with Gasteiger partial charge in [-0.1, -0.05) is 13.8 Å². The van der Waals surface area contributed by atoms with E-state index >= 15 is 0 Å². The van der Waals surface area contributed by atoms with Gasteiger partial charge >= 0.3 is 0 Å². The third-order valence-electron chi connectivity index (χ3n) is 1.61. The second-order valence-electron chi connectivity index (χ2n) is 2.50. The van der Waals surface area contributed by atoms with E-state index in [0.717, 1.165) is 19.5 Å². The summed E-state index contributed by atoms with van der Waals surface area (Å²) in [5.74, 6) is 0. The van der Waals surface area contributed by atoms with Crippen LogP contribution in [0.25, 0.3) is 0 Å². The Balaban J connectivity index is 2.44. The van der Waals surface area contributed by atoms with Crippen molar-refractivity contribution in [1.29, 1.82) is 0 Å². The molecule has 0 aliphatic heterocycles. The van der Waals surface area contributed by atoms with Crippen LogP contribution in [0.2, 0.25) is 0 Å². The van der Waals surface area contributed by atoms with E-state index in [4.69, 9.17) is 0 Å². The van der Waals surface area contributed by atoms with E-state index < -0.39 is 0 Å². The van der Waals surface area contributed by atoms with Crippen LogP contribution in [-0.2, 0) is 13.0 Å². The summed E-state index contributed by atoms with van der Waals surface area (Å²) in [7, 11) is 0. The zero-order chi connectivity index (χ0) is 8.10. The monoisotopic (exact) mass is 169 g/mol. The van der Waals surface area contributed by atoms with Gasteiger partial charge in [-0.3, -0.25) is 0 Å². The molecule has 0 saturated carbocycles. The third kappa shape index (κ3) is 2.64. The molecule has 0 radical (unpaired) electrons. The maximum atomic E-state index is 3.31. The van der Waals surface area contributed by atoms with Gasteiger partial charge in [0.1, 0.15) is 0 Å². The molecular weight excluding hydrogens is 154 g/mol. The van der Waals surface area contributed by atoms with Gasteiger partial charge in [0.2, 0.25) is 0 Å². The van der Waals surface area contributed by atoms with E-state index in [2.05, 4.69) is 31.3 Å². The molecule has 0 spiro atoms. The van der Waals surface area contributed by atoms with Gasteiger partial charge in [-0.2, -0.15) is 0 Å². The Morgan fingerprint density at radius 1 is 1.27 bits per heavy atom. The molecule has 11 heavy (non-hydrogen) atoms. The highest BCUT2D eigenvalue weighted by atomic mass is 32.1. The first-order valence-corrected chi connectivity index (χ1v) is 4.96. The van der Waals surface area contributed by atoms with Crippen molar-refractivity contribution in [3.05, 3.63) is 21.9 Å². The van der Waals surface area contributed by atoms with E-state index in [1.165, 1.54) is 9.75 Å². The number of aryl methyl sites for hydroxylation is 1. The summed E-state index contributed by atoms with van der Waals surface area (Å²) in [5, 5.41) is 3.31. The molecule has 1 N–H and O–H groups in total. The van der Waals surface area contributed by atoms with Crippen LogP contribution >= 0.6 is 11.3 Å². The lowest BCUT2D eigenvalue weighted by Gasteiger charge is -1.95. The average Bonchev–Trinajstić information content (AvgIpc) is 2.48. The zero-order valence-electron chi connectivity index (χ0n) is 7.18. The second-order valence-corrected chi connectivity index (χ2v) is 3.75. The van der Waals surface area contributed by atoms with Crippen molar-refractivity contribution in [2.24, 2.45) is 0 Å². The minimum Gasteiger partial charge on any atom is -0.312 e. The molecule has 0 aliphatic carbocycles. The van der Waals surface area contributed by atoms with Gasteiger partial charge < -0.3 is 5.32 Å².